The molecule has 3 rings (SSSR count). The summed E-state index contributed by atoms with van der Waals surface area (Å²) in [4.78, 5) is 10.9. The number of hydrogen-bond donors (Lipinski definition) is 0. The fraction of sp³-hybridized carbons (Fsp3) is 0.750. The van der Waals surface area contributed by atoms with E-state index in [1.807, 2.05) is 0 Å². The Hall–Kier alpha value is -0.790. The molecule has 0 saturated heterocycles. The second kappa shape index (κ2) is 2.85. The Morgan fingerprint density at radius 1 is 1.36 bits per heavy atom. The first-order chi connectivity index (χ1) is 6.75. The highest BCUT2D eigenvalue weighted by Crippen LogP contribution is 2.57. The van der Waals surface area contributed by atoms with Crippen molar-refractivity contribution in [1.29, 1.82) is 0 Å². The lowest BCUT2D eigenvalue weighted by atomic mass is 9.80. The van der Waals surface area contributed by atoms with E-state index in [9.17, 15) is 4.79 Å². The quantitative estimate of drug-likeness (QED) is 0.470. The van der Waals surface area contributed by atoms with E-state index < -0.39 is 0 Å². The minimum atomic E-state index is -0.106. The maximum absolute atomic E-state index is 10.9. The van der Waals surface area contributed by atoms with Crippen LogP contribution >= 0.6 is 0 Å². The van der Waals surface area contributed by atoms with Crippen LogP contribution in [0.3, 0.4) is 0 Å². The van der Waals surface area contributed by atoms with Crippen LogP contribution in [0.5, 0.6) is 0 Å². The summed E-state index contributed by atoms with van der Waals surface area (Å²) in [7, 11) is 0. The largest absolute Gasteiger partial charge is 0.462 e. The van der Waals surface area contributed by atoms with Crippen molar-refractivity contribution in [2.45, 2.75) is 32.3 Å². The van der Waals surface area contributed by atoms with E-state index in [2.05, 4.69) is 12.2 Å². The summed E-state index contributed by atoms with van der Waals surface area (Å²) in [6, 6.07) is 0. The van der Waals surface area contributed by atoms with Gasteiger partial charge in [0.05, 0.1) is 0 Å². The van der Waals surface area contributed by atoms with Crippen LogP contribution in [0.1, 0.15) is 26.2 Å². The topological polar surface area (TPSA) is 26.3 Å². The van der Waals surface area contributed by atoms with Crippen LogP contribution in [0.15, 0.2) is 12.2 Å². The van der Waals surface area contributed by atoms with E-state index in [1.165, 1.54) is 19.8 Å². The summed E-state index contributed by atoms with van der Waals surface area (Å²) in [5.74, 6) is 2.95. The minimum Gasteiger partial charge on any atom is -0.462 e. The van der Waals surface area contributed by atoms with Gasteiger partial charge in [0.1, 0.15) is 6.10 Å². The highest BCUT2D eigenvalue weighted by atomic mass is 16.5. The van der Waals surface area contributed by atoms with Crippen molar-refractivity contribution in [2.24, 2.45) is 23.7 Å². The number of allylic oxidation sites excluding steroid dienone is 2. The molecule has 0 N–H and O–H groups in total. The molecule has 3 aliphatic rings. The molecule has 0 spiro atoms. The molecule has 0 aromatic carbocycles. The second-order valence-electron chi connectivity index (χ2n) is 4.95. The maximum Gasteiger partial charge on any atom is 0.302 e. The SMILES string of the molecule is CC(=O)O[C@@H]1C[C@H]2C[C@@H]1[C@H]1CC=C[C@@H]21. The monoisotopic (exact) mass is 192 g/mol. The molecule has 2 fully saturated rings. The number of carbonyl (C=O) groups is 1. The van der Waals surface area contributed by atoms with Crippen LogP contribution in [0, 0.1) is 23.7 Å². The molecule has 0 aromatic rings. The Bertz CT molecular complexity index is 295. The highest BCUT2D eigenvalue weighted by Gasteiger charge is 2.53. The predicted molar refractivity (Wildman–Crippen MR) is 52.5 cm³/mol. The van der Waals surface area contributed by atoms with Crippen LogP contribution in [0.25, 0.3) is 0 Å². The van der Waals surface area contributed by atoms with Crippen LogP contribution in [0.4, 0.5) is 0 Å². The zero-order valence-electron chi connectivity index (χ0n) is 8.48. The molecule has 0 aliphatic heterocycles. The Kier molecular flexibility index (Phi) is 1.73. The summed E-state index contributed by atoms with van der Waals surface area (Å²) in [5.41, 5.74) is 0. The van der Waals surface area contributed by atoms with Gasteiger partial charge >= 0.3 is 5.97 Å². The Morgan fingerprint density at radius 3 is 3.00 bits per heavy atom. The molecule has 2 saturated carbocycles. The lowest BCUT2D eigenvalue weighted by Gasteiger charge is -2.30. The molecule has 0 unspecified atom stereocenters. The fourth-order valence-corrected chi connectivity index (χ4v) is 3.84. The third kappa shape index (κ3) is 1.06. The zero-order valence-corrected chi connectivity index (χ0v) is 8.48. The molecule has 3 aliphatic carbocycles. The van der Waals surface area contributed by atoms with E-state index in [-0.39, 0.29) is 12.1 Å². The number of esters is 1. The standard InChI is InChI=1S/C12H16O2/c1-7(13)14-12-6-8-5-11(12)10-4-2-3-9(8)10/h2-3,8-12H,4-6H2,1H3/t8-,9+,10+,11-,12-/m1/s1. The van der Waals surface area contributed by atoms with Crippen molar-refractivity contribution in [3.8, 4) is 0 Å². The Morgan fingerprint density at radius 2 is 2.21 bits per heavy atom. The van der Waals surface area contributed by atoms with Crippen LogP contribution in [0.2, 0.25) is 0 Å². The normalized spacial score (nSPS) is 48.2. The van der Waals surface area contributed by atoms with Gasteiger partial charge in [-0.2, -0.15) is 0 Å². The van der Waals surface area contributed by atoms with Crippen molar-refractivity contribution < 1.29 is 9.53 Å². The van der Waals surface area contributed by atoms with Crippen LogP contribution in [-0.4, -0.2) is 12.1 Å². The number of rotatable bonds is 1. The summed E-state index contributed by atoms with van der Waals surface area (Å²) < 4.78 is 5.39. The van der Waals surface area contributed by atoms with Gasteiger partial charge in [-0.15, -0.1) is 0 Å². The van der Waals surface area contributed by atoms with Crippen molar-refractivity contribution >= 4 is 5.97 Å². The van der Waals surface area contributed by atoms with Gasteiger partial charge in [0.25, 0.3) is 0 Å². The fourth-order valence-electron chi connectivity index (χ4n) is 3.84. The van der Waals surface area contributed by atoms with E-state index >= 15 is 0 Å². The van der Waals surface area contributed by atoms with E-state index in [1.54, 1.807) is 0 Å². The lowest BCUT2D eigenvalue weighted by molar-refractivity contribution is -0.150. The molecule has 76 valence electrons. The number of ether oxygens (including phenoxy) is 1. The number of hydrogen-bond acceptors (Lipinski definition) is 2. The van der Waals surface area contributed by atoms with Crippen molar-refractivity contribution in [3.05, 3.63) is 12.2 Å². The molecular weight excluding hydrogens is 176 g/mol. The predicted octanol–water partition coefficient (Wildman–Crippen LogP) is 2.15. The summed E-state index contributed by atoms with van der Waals surface area (Å²) in [5, 5.41) is 0. The molecule has 5 atom stereocenters. The molecule has 2 bridgehead atoms. The van der Waals surface area contributed by atoms with Crippen molar-refractivity contribution in [2.75, 3.05) is 0 Å². The van der Waals surface area contributed by atoms with E-state index in [0.717, 1.165) is 24.2 Å². The molecule has 0 aromatic heterocycles. The molecule has 14 heavy (non-hydrogen) atoms. The maximum atomic E-state index is 10.9. The zero-order chi connectivity index (χ0) is 9.71. The van der Waals surface area contributed by atoms with Gasteiger partial charge in [-0.1, -0.05) is 12.2 Å². The average molecular weight is 192 g/mol. The van der Waals surface area contributed by atoms with Gasteiger partial charge in [-0.05, 0) is 42.9 Å². The van der Waals surface area contributed by atoms with Crippen molar-refractivity contribution in [1.82, 2.24) is 0 Å². The molecule has 0 heterocycles. The first-order valence-electron chi connectivity index (χ1n) is 5.59. The molecule has 2 nitrogen and oxygen atoms in total. The Labute approximate surface area is 84.3 Å². The van der Waals surface area contributed by atoms with Crippen molar-refractivity contribution in [3.63, 3.8) is 0 Å². The highest BCUT2D eigenvalue weighted by molar-refractivity contribution is 5.66. The van der Waals surface area contributed by atoms with Crippen LogP contribution < -0.4 is 0 Å². The van der Waals surface area contributed by atoms with Gasteiger partial charge < -0.3 is 4.74 Å². The summed E-state index contributed by atoms with van der Waals surface area (Å²) in [6.07, 6.45) is 8.54. The first kappa shape index (κ1) is 8.51. The third-order valence-corrected chi connectivity index (χ3v) is 4.26. The smallest absolute Gasteiger partial charge is 0.302 e. The number of fused-ring (bicyclic) bond motifs is 5. The lowest BCUT2D eigenvalue weighted by Crippen LogP contribution is -2.31. The van der Waals surface area contributed by atoms with E-state index in [0.29, 0.717) is 5.92 Å². The summed E-state index contributed by atoms with van der Waals surface area (Å²) in [6.45, 7) is 1.52. The second-order valence-corrected chi connectivity index (χ2v) is 4.95. The summed E-state index contributed by atoms with van der Waals surface area (Å²) >= 11 is 0. The molecule has 2 heteroatoms. The third-order valence-electron chi connectivity index (χ3n) is 4.26. The minimum absolute atomic E-state index is 0.106. The molecule has 0 radical (unpaired) electrons. The first-order valence-corrected chi connectivity index (χ1v) is 5.59. The average Bonchev–Trinajstić information content (AvgIpc) is 2.68. The Balaban J connectivity index is 1.75. The molecule has 0 amide bonds. The number of carbonyl (C=O) groups excluding carboxylic acids is 1. The van der Waals surface area contributed by atoms with Gasteiger partial charge in [0.2, 0.25) is 0 Å². The van der Waals surface area contributed by atoms with Gasteiger partial charge in [0, 0.05) is 6.92 Å². The van der Waals surface area contributed by atoms with Gasteiger partial charge in [0.15, 0.2) is 0 Å². The van der Waals surface area contributed by atoms with Gasteiger partial charge in [-0.25, -0.2) is 0 Å². The van der Waals surface area contributed by atoms with E-state index in [4.69, 9.17) is 4.74 Å². The van der Waals surface area contributed by atoms with Crippen LogP contribution in [-0.2, 0) is 9.53 Å². The molecular formula is C12H16O2. The van der Waals surface area contributed by atoms with Gasteiger partial charge in [-0.3, -0.25) is 4.79 Å².